The minimum atomic E-state index is -0.481. The van der Waals surface area contributed by atoms with Gasteiger partial charge >= 0.3 is 0 Å². The predicted molar refractivity (Wildman–Crippen MR) is 59.4 cm³/mol. The molecule has 0 bridgehead atoms. The van der Waals surface area contributed by atoms with Gasteiger partial charge in [0.25, 0.3) is 0 Å². The van der Waals surface area contributed by atoms with Crippen molar-refractivity contribution in [2.75, 3.05) is 26.2 Å². The lowest BCUT2D eigenvalue weighted by molar-refractivity contribution is -0.0175. The third-order valence-corrected chi connectivity index (χ3v) is 3.45. The zero-order valence-electron chi connectivity index (χ0n) is 9.71. The van der Waals surface area contributed by atoms with Crippen molar-refractivity contribution in [1.82, 2.24) is 10.2 Å². The zero-order chi connectivity index (χ0) is 10.6. The largest absolute Gasteiger partial charge is 0.389 e. The second-order valence-electron chi connectivity index (χ2n) is 4.46. The molecule has 0 aromatic heterocycles. The fraction of sp³-hybridized carbons (Fsp3) is 1.00. The summed E-state index contributed by atoms with van der Waals surface area (Å²) in [6.07, 6.45) is 1.69. The van der Waals surface area contributed by atoms with Crippen LogP contribution in [0.4, 0.5) is 0 Å². The summed E-state index contributed by atoms with van der Waals surface area (Å²) in [7, 11) is 0. The average Bonchev–Trinajstić information content (AvgIpc) is 2.21. The first-order valence-corrected chi connectivity index (χ1v) is 5.78. The van der Waals surface area contributed by atoms with Gasteiger partial charge in [-0.25, -0.2) is 0 Å². The van der Waals surface area contributed by atoms with E-state index in [9.17, 15) is 5.11 Å². The second-order valence-corrected chi connectivity index (χ2v) is 4.46. The van der Waals surface area contributed by atoms with Gasteiger partial charge in [0.2, 0.25) is 0 Å². The van der Waals surface area contributed by atoms with Crippen LogP contribution in [-0.4, -0.2) is 47.8 Å². The van der Waals surface area contributed by atoms with Crippen molar-refractivity contribution < 1.29 is 5.11 Å². The lowest BCUT2D eigenvalue weighted by atomic mass is 9.96. The van der Waals surface area contributed by atoms with Crippen molar-refractivity contribution in [3.63, 3.8) is 0 Å². The first kappa shape index (κ1) is 12.0. The number of hydrogen-bond donors (Lipinski definition) is 2. The van der Waals surface area contributed by atoms with Crippen molar-refractivity contribution >= 4 is 0 Å². The summed E-state index contributed by atoms with van der Waals surface area (Å²) < 4.78 is 0. The molecule has 1 atom stereocenters. The quantitative estimate of drug-likeness (QED) is 0.705. The molecule has 84 valence electrons. The minimum absolute atomic E-state index is 0.481. The average molecular weight is 200 g/mol. The van der Waals surface area contributed by atoms with E-state index in [0.29, 0.717) is 6.04 Å². The Morgan fingerprint density at radius 1 is 1.43 bits per heavy atom. The lowest BCUT2D eigenvalue weighted by Crippen LogP contribution is -2.54. The molecule has 0 radical (unpaired) electrons. The van der Waals surface area contributed by atoms with Gasteiger partial charge in [-0.3, -0.25) is 4.90 Å². The number of rotatable bonds is 4. The number of nitrogens with one attached hydrogen (secondary N) is 1. The monoisotopic (exact) mass is 200 g/mol. The Bertz CT molecular complexity index is 169. The van der Waals surface area contributed by atoms with Crippen LogP contribution >= 0.6 is 0 Å². The molecule has 3 heteroatoms. The molecule has 1 aliphatic rings. The van der Waals surface area contributed by atoms with Crippen molar-refractivity contribution in [3.8, 4) is 0 Å². The van der Waals surface area contributed by atoms with E-state index in [-0.39, 0.29) is 0 Å². The van der Waals surface area contributed by atoms with Crippen molar-refractivity contribution in [3.05, 3.63) is 0 Å². The Morgan fingerprint density at radius 2 is 2.07 bits per heavy atom. The van der Waals surface area contributed by atoms with E-state index in [1.165, 1.54) is 0 Å². The topological polar surface area (TPSA) is 35.5 Å². The Balaban J connectivity index is 2.48. The molecule has 0 unspecified atom stereocenters. The Morgan fingerprint density at radius 3 is 2.57 bits per heavy atom. The predicted octanol–water partition coefficient (Wildman–Crippen LogP) is 0.831. The van der Waals surface area contributed by atoms with E-state index in [2.05, 4.69) is 31.0 Å². The van der Waals surface area contributed by atoms with E-state index in [4.69, 9.17) is 0 Å². The van der Waals surface area contributed by atoms with E-state index in [0.717, 1.165) is 39.0 Å². The van der Waals surface area contributed by atoms with Gasteiger partial charge < -0.3 is 10.4 Å². The molecule has 1 aliphatic heterocycles. The standard InChI is InChI=1S/C11H24N2O/c1-4-11(14,5-2)9-13-7-6-12-8-10(13)3/h10,12,14H,4-9H2,1-3H3/t10-/m1/s1. The highest BCUT2D eigenvalue weighted by Gasteiger charge is 2.28. The van der Waals surface area contributed by atoms with Crippen LogP contribution in [0.15, 0.2) is 0 Å². The van der Waals surface area contributed by atoms with Crippen LogP contribution in [0, 0.1) is 0 Å². The van der Waals surface area contributed by atoms with Crippen LogP contribution in [0.1, 0.15) is 33.6 Å². The maximum absolute atomic E-state index is 10.2. The maximum Gasteiger partial charge on any atom is 0.0769 e. The molecule has 1 rings (SSSR count). The highest BCUT2D eigenvalue weighted by molar-refractivity contribution is 4.85. The molecule has 0 amide bonds. The second kappa shape index (κ2) is 5.10. The smallest absolute Gasteiger partial charge is 0.0769 e. The van der Waals surface area contributed by atoms with Crippen LogP contribution in [0.25, 0.3) is 0 Å². The molecule has 0 spiro atoms. The summed E-state index contributed by atoms with van der Waals surface area (Å²) in [4.78, 5) is 2.39. The minimum Gasteiger partial charge on any atom is -0.389 e. The molecule has 1 heterocycles. The van der Waals surface area contributed by atoms with Crippen LogP contribution < -0.4 is 5.32 Å². The fourth-order valence-corrected chi connectivity index (χ4v) is 1.97. The Labute approximate surface area is 87.5 Å². The van der Waals surface area contributed by atoms with Gasteiger partial charge in [-0.1, -0.05) is 13.8 Å². The highest BCUT2D eigenvalue weighted by Crippen LogP contribution is 2.18. The molecule has 1 saturated heterocycles. The molecule has 0 aromatic rings. The zero-order valence-corrected chi connectivity index (χ0v) is 9.71. The Hall–Kier alpha value is -0.120. The van der Waals surface area contributed by atoms with E-state index in [1.807, 2.05) is 0 Å². The van der Waals surface area contributed by atoms with Gasteiger partial charge in [0.05, 0.1) is 5.60 Å². The Kier molecular flexibility index (Phi) is 4.35. The summed E-state index contributed by atoms with van der Waals surface area (Å²) in [5.74, 6) is 0. The number of piperazine rings is 1. The van der Waals surface area contributed by atoms with Crippen LogP contribution in [0.2, 0.25) is 0 Å². The molecule has 3 nitrogen and oxygen atoms in total. The van der Waals surface area contributed by atoms with Crippen LogP contribution in [0.5, 0.6) is 0 Å². The number of β-amino-alcohol motifs (C(OH)–C–C–N with tert-alkyl or cyclic N) is 1. The molecular formula is C11H24N2O. The van der Waals surface area contributed by atoms with Gasteiger partial charge in [-0.2, -0.15) is 0 Å². The molecule has 1 fully saturated rings. The summed E-state index contributed by atoms with van der Waals surface area (Å²) in [5, 5.41) is 13.6. The van der Waals surface area contributed by atoms with Crippen LogP contribution in [-0.2, 0) is 0 Å². The normalized spacial score (nSPS) is 25.3. The summed E-state index contributed by atoms with van der Waals surface area (Å²) >= 11 is 0. The van der Waals surface area contributed by atoms with Gasteiger partial charge in [0, 0.05) is 32.2 Å². The first-order valence-electron chi connectivity index (χ1n) is 5.78. The third kappa shape index (κ3) is 2.94. The molecule has 0 saturated carbocycles. The third-order valence-electron chi connectivity index (χ3n) is 3.45. The molecular weight excluding hydrogens is 176 g/mol. The van der Waals surface area contributed by atoms with Gasteiger partial charge in [-0.15, -0.1) is 0 Å². The molecule has 0 aromatic carbocycles. The van der Waals surface area contributed by atoms with Gasteiger partial charge in [0.15, 0.2) is 0 Å². The summed E-state index contributed by atoms with van der Waals surface area (Å²) in [5.41, 5.74) is -0.481. The van der Waals surface area contributed by atoms with Crippen molar-refractivity contribution in [1.29, 1.82) is 0 Å². The fourth-order valence-electron chi connectivity index (χ4n) is 1.97. The SMILES string of the molecule is CCC(O)(CC)CN1CCNC[C@H]1C. The number of nitrogens with zero attached hydrogens (tertiary/aromatic N) is 1. The first-order chi connectivity index (χ1) is 6.61. The maximum atomic E-state index is 10.2. The lowest BCUT2D eigenvalue weighted by Gasteiger charge is -2.39. The summed E-state index contributed by atoms with van der Waals surface area (Å²) in [6.45, 7) is 10.3. The highest BCUT2D eigenvalue weighted by atomic mass is 16.3. The number of aliphatic hydroxyl groups is 1. The van der Waals surface area contributed by atoms with Crippen molar-refractivity contribution in [2.45, 2.75) is 45.3 Å². The molecule has 14 heavy (non-hydrogen) atoms. The molecule has 0 aliphatic carbocycles. The van der Waals surface area contributed by atoms with E-state index >= 15 is 0 Å². The number of hydrogen-bond acceptors (Lipinski definition) is 3. The van der Waals surface area contributed by atoms with Gasteiger partial charge in [0.1, 0.15) is 0 Å². The van der Waals surface area contributed by atoms with Gasteiger partial charge in [-0.05, 0) is 19.8 Å². The van der Waals surface area contributed by atoms with E-state index < -0.39 is 5.60 Å². The van der Waals surface area contributed by atoms with Crippen molar-refractivity contribution in [2.24, 2.45) is 0 Å². The summed E-state index contributed by atoms with van der Waals surface area (Å²) in [6, 6.07) is 0.549. The molecule has 2 N–H and O–H groups in total. The van der Waals surface area contributed by atoms with Crippen LogP contribution in [0.3, 0.4) is 0 Å². The van der Waals surface area contributed by atoms with E-state index in [1.54, 1.807) is 0 Å².